The summed E-state index contributed by atoms with van der Waals surface area (Å²) >= 11 is 1.56. The maximum absolute atomic E-state index is 12.5. The van der Waals surface area contributed by atoms with Crippen molar-refractivity contribution in [1.82, 2.24) is 14.9 Å². The van der Waals surface area contributed by atoms with Crippen molar-refractivity contribution in [3.63, 3.8) is 0 Å². The lowest BCUT2D eigenvalue weighted by atomic mass is 10.2. The van der Waals surface area contributed by atoms with Gasteiger partial charge in [-0.2, -0.15) is 0 Å². The van der Waals surface area contributed by atoms with E-state index in [1.807, 2.05) is 26.2 Å². The Morgan fingerprint density at radius 1 is 1.45 bits per heavy atom. The lowest BCUT2D eigenvalue weighted by Crippen LogP contribution is -2.29. The molecule has 5 nitrogen and oxygen atoms in total. The molecule has 0 bridgehead atoms. The van der Waals surface area contributed by atoms with Gasteiger partial charge in [-0.25, -0.2) is 9.97 Å². The van der Waals surface area contributed by atoms with Crippen molar-refractivity contribution in [3.8, 4) is 0 Å². The van der Waals surface area contributed by atoms with Crippen LogP contribution in [0, 0.1) is 13.8 Å². The molecule has 2 aromatic rings. The first kappa shape index (κ1) is 14.7. The predicted molar refractivity (Wildman–Crippen MR) is 78.0 cm³/mol. The summed E-state index contributed by atoms with van der Waals surface area (Å²) in [6.45, 7) is 7.65. The van der Waals surface area contributed by atoms with Crippen molar-refractivity contribution in [2.45, 2.75) is 40.2 Å². The van der Waals surface area contributed by atoms with E-state index in [9.17, 15) is 4.79 Å². The van der Waals surface area contributed by atoms with E-state index in [-0.39, 0.29) is 11.9 Å². The fourth-order valence-electron chi connectivity index (χ4n) is 1.87. The second-order valence-corrected chi connectivity index (χ2v) is 5.68. The van der Waals surface area contributed by atoms with Crippen LogP contribution in [-0.2, 0) is 6.42 Å². The number of aryl methyl sites for hydroxylation is 3. The molecule has 108 valence electrons. The average molecular weight is 293 g/mol. The first-order valence-corrected chi connectivity index (χ1v) is 7.47. The lowest BCUT2D eigenvalue weighted by Gasteiger charge is -2.22. The van der Waals surface area contributed by atoms with Crippen LogP contribution >= 0.6 is 11.3 Å². The van der Waals surface area contributed by atoms with Gasteiger partial charge in [-0.3, -0.25) is 4.79 Å². The first-order valence-electron chi connectivity index (χ1n) is 6.59. The Balaban J connectivity index is 2.21. The van der Waals surface area contributed by atoms with Crippen molar-refractivity contribution >= 4 is 17.2 Å². The summed E-state index contributed by atoms with van der Waals surface area (Å²) < 4.78 is 5.52. The van der Waals surface area contributed by atoms with Gasteiger partial charge in [0.2, 0.25) is 5.76 Å². The molecule has 0 spiro atoms. The summed E-state index contributed by atoms with van der Waals surface area (Å²) in [5.41, 5.74) is 1.61. The zero-order valence-electron chi connectivity index (χ0n) is 12.4. The van der Waals surface area contributed by atoms with Crippen LogP contribution in [0.4, 0.5) is 0 Å². The Kier molecular flexibility index (Phi) is 4.23. The summed E-state index contributed by atoms with van der Waals surface area (Å²) in [4.78, 5) is 22.8. The molecule has 6 heteroatoms. The minimum atomic E-state index is -0.157. The Labute approximate surface area is 122 Å². The Morgan fingerprint density at radius 2 is 2.15 bits per heavy atom. The van der Waals surface area contributed by atoms with Crippen LogP contribution in [0.25, 0.3) is 0 Å². The van der Waals surface area contributed by atoms with E-state index in [2.05, 4.69) is 9.97 Å². The highest BCUT2D eigenvalue weighted by molar-refractivity contribution is 7.09. The van der Waals surface area contributed by atoms with Crippen LogP contribution in [-0.4, -0.2) is 27.8 Å². The van der Waals surface area contributed by atoms with Gasteiger partial charge in [0.05, 0.1) is 11.7 Å². The zero-order valence-corrected chi connectivity index (χ0v) is 13.2. The summed E-state index contributed by atoms with van der Waals surface area (Å²) in [6, 6.07) is -0.0872. The minimum Gasteiger partial charge on any atom is -0.435 e. The maximum atomic E-state index is 12.5. The van der Waals surface area contributed by atoms with Crippen molar-refractivity contribution in [2.75, 3.05) is 7.05 Å². The number of carbonyl (C=O) groups excluding carboxylic acids is 1. The van der Waals surface area contributed by atoms with E-state index >= 15 is 0 Å². The molecule has 0 aliphatic rings. The molecule has 2 aromatic heterocycles. The van der Waals surface area contributed by atoms with Crippen LogP contribution in [0.15, 0.2) is 9.80 Å². The smallest absolute Gasteiger partial charge is 0.291 e. The number of oxazole rings is 1. The Bertz CT molecular complexity index is 618. The number of hydrogen-bond donors (Lipinski definition) is 0. The van der Waals surface area contributed by atoms with E-state index < -0.39 is 0 Å². The fraction of sp³-hybridized carbons (Fsp3) is 0.500. The number of aromatic nitrogens is 2. The van der Waals surface area contributed by atoms with E-state index in [1.165, 1.54) is 0 Å². The molecule has 0 aliphatic carbocycles. The van der Waals surface area contributed by atoms with Crippen LogP contribution in [0.1, 0.15) is 52.7 Å². The largest absolute Gasteiger partial charge is 0.435 e. The summed E-state index contributed by atoms with van der Waals surface area (Å²) in [5.74, 6) is 0.761. The molecule has 1 unspecified atom stereocenters. The molecule has 0 saturated heterocycles. The topological polar surface area (TPSA) is 59.2 Å². The normalized spacial score (nSPS) is 12.4. The van der Waals surface area contributed by atoms with E-state index in [0.717, 1.165) is 10.7 Å². The van der Waals surface area contributed by atoms with Gasteiger partial charge in [0, 0.05) is 24.5 Å². The maximum Gasteiger partial charge on any atom is 0.291 e. The van der Waals surface area contributed by atoms with Gasteiger partial charge in [0.1, 0.15) is 5.01 Å². The second kappa shape index (κ2) is 5.75. The van der Waals surface area contributed by atoms with Gasteiger partial charge >= 0.3 is 0 Å². The molecule has 2 rings (SSSR count). The molecule has 1 amide bonds. The fourth-order valence-corrected chi connectivity index (χ4v) is 2.76. The van der Waals surface area contributed by atoms with Gasteiger partial charge in [0.15, 0.2) is 5.89 Å². The third-order valence-corrected chi connectivity index (χ3v) is 4.37. The molecule has 2 heterocycles. The lowest BCUT2D eigenvalue weighted by molar-refractivity contribution is 0.0707. The van der Waals surface area contributed by atoms with Crippen molar-refractivity contribution in [1.29, 1.82) is 0 Å². The molecular weight excluding hydrogens is 274 g/mol. The zero-order chi connectivity index (χ0) is 14.9. The number of carbonyl (C=O) groups is 1. The number of amides is 1. The predicted octanol–water partition coefficient (Wildman–Crippen LogP) is 3.14. The first-order chi connectivity index (χ1) is 9.43. The van der Waals surface area contributed by atoms with Gasteiger partial charge in [0.25, 0.3) is 5.91 Å². The van der Waals surface area contributed by atoms with Crippen molar-refractivity contribution in [2.24, 2.45) is 0 Å². The Hall–Kier alpha value is -1.69. The van der Waals surface area contributed by atoms with E-state index in [0.29, 0.717) is 23.8 Å². The standard InChI is InChI=1S/C14H19N3O2S/c1-6-11-16-9(3)12(19-11)14(18)17(5)10(4)13-15-8(2)7-20-13/h7,10H,6H2,1-5H3. The van der Waals surface area contributed by atoms with Crippen LogP contribution in [0.5, 0.6) is 0 Å². The third-order valence-electron chi connectivity index (χ3n) is 3.23. The van der Waals surface area contributed by atoms with Crippen molar-refractivity contribution < 1.29 is 9.21 Å². The second-order valence-electron chi connectivity index (χ2n) is 4.79. The molecule has 0 radical (unpaired) electrons. The summed E-state index contributed by atoms with van der Waals surface area (Å²) in [7, 11) is 1.76. The molecule has 0 aromatic carbocycles. The molecular formula is C14H19N3O2S. The molecule has 0 aliphatic heterocycles. The van der Waals surface area contributed by atoms with Gasteiger partial charge in [-0.1, -0.05) is 6.92 Å². The SMILES string of the molecule is CCc1nc(C)c(C(=O)N(C)C(C)c2nc(C)cs2)o1. The van der Waals surface area contributed by atoms with Gasteiger partial charge < -0.3 is 9.32 Å². The average Bonchev–Trinajstić information content (AvgIpc) is 3.02. The van der Waals surface area contributed by atoms with Gasteiger partial charge in [-0.15, -0.1) is 11.3 Å². The Morgan fingerprint density at radius 3 is 2.65 bits per heavy atom. The van der Waals surface area contributed by atoms with Gasteiger partial charge in [-0.05, 0) is 20.8 Å². The summed E-state index contributed by atoms with van der Waals surface area (Å²) in [5, 5.41) is 2.91. The molecule has 0 N–H and O–H groups in total. The molecule has 1 atom stereocenters. The van der Waals surface area contributed by atoms with Crippen molar-refractivity contribution in [3.05, 3.63) is 33.4 Å². The highest BCUT2D eigenvalue weighted by atomic mass is 32.1. The number of hydrogen-bond acceptors (Lipinski definition) is 5. The minimum absolute atomic E-state index is 0.0872. The monoisotopic (exact) mass is 293 g/mol. The highest BCUT2D eigenvalue weighted by Crippen LogP contribution is 2.25. The van der Waals surface area contributed by atoms with E-state index in [4.69, 9.17) is 4.42 Å². The van der Waals surface area contributed by atoms with Crippen LogP contribution in [0.2, 0.25) is 0 Å². The van der Waals surface area contributed by atoms with Crippen LogP contribution < -0.4 is 0 Å². The number of rotatable bonds is 4. The summed E-state index contributed by atoms with van der Waals surface area (Å²) in [6.07, 6.45) is 0.680. The molecule has 0 fully saturated rings. The van der Waals surface area contributed by atoms with E-state index in [1.54, 1.807) is 30.2 Å². The third kappa shape index (κ3) is 2.75. The highest BCUT2D eigenvalue weighted by Gasteiger charge is 2.25. The quantitative estimate of drug-likeness (QED) is 0.869. The molecule has 0 saturated carbocycles. The number of nitrogens with zero attached hydrogens (tertiary/aromatic N) is 3. The molecule has 20 heavy (non-hydrogen) atoms. The van der Waals surface area contributed by atoms with Crippen LogP contribution in [0.3, 0.4) is 0 Å². The number of thiazole rings is 1.